The molecule has 0 aliphatic carbocycles. The lowest BCUT2D eigenvalue weighted by Crippen LogP contribution is -2.39. The summed E-state index contributed by atoms with van der Waals surface area (Å²) in [4.78, 5) is 27.9. The number of carbonyl (C=O) groups excluding carboxylic acids is 2. The zero-order valence-electron chi connectivity index (χ0n) is 18.1. The highest BCUT2D eigenvalue weighted by molar-refractivity contribution is 6.30. The number of nitrogens with one attached hydrogen (secondary N) is 3. The lowest BCUT2D eigenvalue weighted by Gasteiger charge is -2.22. The third-order valence-corrected chi connectivity index (χ3v) is 5.29. The summed E-state index contributed by atoms with van der Waals surface area (Å²) in [6.07, 6.45) is 0. The van der Waals surface area contributed by atoms with Gasteiger partial charge in [0.25, 0.3) is 5.91 Å². The molecule has 0 heterocycles. The summed E-state index contributed by atoms with van der Waals surface area (Å²) in [5, 5.41) is 8.96. The Balaban J connectivity index is 1.73. The number of benzene rings is 3. The van der Waals surface area contributed by atoms with Gasteiger partial charge >= 0.3 is 6.03 Å². The van der Waals surface area contributed by atoms with Crippen molar-refractivity contribution in [3.05, 3.63) is 89.4 Å². The highest BCUT2D eigenvalue weighted by atomic mass is 35.5. The smallest absolute Gasteiger partial charge is 0.320 e. The van der Waals surface area contributed by atoms with Crippen molar-refractivity contribution in [2.24, 2.45) is 0 Å². The monoisotopic (exact) mass is 450 g/mol. The van der Waals surface area contributed by atoms with Gasteiger partial charge in [0.2, 0.25) is 0 Å². The first kappa shape index (κ1) is 23.2. The van der Waals surface area contributed by atoms with Gasteiger partial charge in [-0.3, -0.25) is 4.79 Å². The molecule has 0 aliphatic rings. The number of anilines is 3. The number of rotatable bonds is 8. The number of carbonyl (C=O) groups is 2. The Kier molecular flexibility index (Phi) is 8.11. The first-order chi connectivity index (χ1) is 15.5. The summed E-state index contributed by atoms with van der Waals surface area (Å²) < 4.78 is 0. The van der Waals surface area contributed by atoms with E-state index in [9.17, 15) is 9.59 Å². The molecule has 0 fully saturated rings. The van der Waals surface area contributed by atoms with Crippen LogP contribution in [0.4, 0.5) is 21.9 Å². The molecule has 0 spiro atoms. The number of hydrogen-bond donors (Lipinski definition) is 3. The van der Waals surface area contributed by atoms with Crippen LogP contribution in [0.2, 0.25) is 5.02 Å². The van der Waals surface area contributed by atoms with E-state index in [4.69, 9.17) is 11.6 Å². The molecule has 0 radical (unpaired) electrons. The third kappa shape index (κ3) is 6.25. The number of hydrogen-bond acceptors (Lipinski definition) is 3. The topological polar surface area (TPSA) is 73.5 Å². The lowest BCUT2D eigenvalue weighted by molar-refractivity contribution is -0.118. The van der Waals surface area contributed by atoms with Gasteiger partial charge in [0, 0.05) is 35.2 Å². The highest BCUT2D eigenvalue weighted by Gasteiger charge is 2.23. The Morgan fingerprint density at radius 2 is 1.38 bits per heavy atom. The summed E-state index contributed by atoms with van der Waals surface area (Å²) >= 11 is 5.89. The van der Waals surface area contributed by atoms with Crippen molar-refractivity contribution in [3.8, 4) is 0 Å². The summed E-state index contributed by atoms with van der Waals surface area (Å²) in [5.41, 5.74) is 3.00. The molecule has 6 nitrogen and oxygen atoms in total. The maximum atomic E-state index is 13.1. The van der Waals surface area contributed by atoms with Crippen molar-refractivity contribution in [2.45, 2.75) is 19.9 Å². The SMILES string of the molecule is CCN(CC)c1ccc(NC(=O)C(NC(=O)Nc2ccc(Cl)cc2)c2ccccc2)cc1. The molecule has 3 aromatic carbocycles. The Bertz CT molecular complexity index is 1020. The van der Waals surface area contributed by atoms with Crippen molar-refractivity contribution in [3.63, 3.8) is 0 Å². The molecule has 3 aromatic rings. The van der Waals surface area contributed by atoms with E-state index in [2.05, 4.69) is 34.7 Å². The van der Waals surface area contributed by atoms with E-state index in [1.165, 1.54) is 0 Å². The van der Waals surface area contributed by atoms with Crippen LogP contribution in [0.15, 0.2) is 78.9 Å². The molecule has 1 unspecified atom stereocenters. The van der Waals surface area contributed by atoms with E-state index in [1.807, 2.05) is 42.5 Å². The first-order valence-corrected chi connectivity index (χ1v) is 10.9. The fourth-order valence-corrected chi connectivity index (χ4v) is 3.46. The van der Waals surface area contributed by atoms with Gasteiger partial charge < -0.3 is 20.9 Å². The summed E-state index contributed by atoms with van der Waals surface area (Å²) in [7, 11) is 0. The van der Waals surface area contributed by atoms with E-state index < -0.39 is 12.1 Å². The molecule has 3 N–H and O–H groups in total. The van der Waals surface area contributed by atoms with Crippen LogP contribution in [0.25, 0.3) is 0 Å². The zero-order chi connectivity index (χ0) is 22.9. The van der Waals surface area contributed by atoms with Gasteiger partial charge in [0.05, 0.1) is 0 Å². The van der Waals surface area contributed by atoms with E-state index in [0.29, 0.717) is 22.0 Å². The number of nitrogens with zero attached hydrogens (tertiary/aromatic N) is 1. The average Bonchev–Trinajstić information content (AvgIpc) is 2.81. The van der Waals surface area contributed by atoms with Crippen LogP contribution < -0.4 is 20.9 Å². The van der Waals surface area contributed by atoms with Crippen molar-refractivity contribution in [2.75, 3.05) is 28.6 Å². The Labute approximate surface area is 193 Å². The minimum absolute atomic E-state index is 0.335. The van der Waals surface area contributed by atoms with E-state index in [-0.39, 0.29) is 5.91 Å². The molecule has 3 rings (SSSR count). The van der Waals surface area contributed by atoms with Gasteiger partial charge in [0.1, 0.15) is 6.04 Å². The molecule has 7 heteroatoms. The Morgan fingerprint density at radius 1 is 0.812 bits per heavy atom. The van der Waals surface area contributed by atoms with E-state index in [1.54, 1.807) is 36.4 Å². The summed E-state index contributed by atoms with van der Waals surface area (Å²) in [6, 6.07) is 22.2. The van der Waals surface area contributed by atoms with Gasteiger partial charge in [-0.05, 0) is 67.9 Å². The zero-order valence-corrected chi connectivity index (χ0v) is 18.9. The fourth-order valence-electron chi connectivity index (χ4n) is 3.34. The number of halogens is 1. The van der Waals surface area contributed by atoms with Crippen LogP contribution >= 0.6 is 11.6 Å². The second kappa shape index (κ2) is 11.2. The molecule has 0 aromatic heterocycles. The van der Waals surface area contributed by atoms with Crippen LogP contribution in [-0.2, 0) is 4.79 Å². The van der Waals surface area contributed by atoms with Crippen molar-refractivity contribution in [1.29, 1.82) is 0 Å². The van der Waals surface area contributed by atoms with Crippen molar-refractivity contribution < 1.29 is 9.59 Å². The minimum atomic E-state index is -0.869. The molecular formula is C25H27ClN4O2. The molecule has 3 amide bonds. The molecule has 0 saturated heterocycles. The van der Waals surface area contributed by atoms with Gasteiger partial charge in [-0.2, -0.15) is 0 Å². The van der Waals surface area contributed by atoms with E-state index in [0.717, 1.165) is 18.8 Å². The predicted molar refractivity (Wildman–Crippen MR) is 131 cm³/mol. The second-order valence-corrected chi connectivity index (χ2v) is 7.59. The van der Waals surface area contributed by atoms with Crippen molar-refractivity contribution in [1.82, 2.24) is 5.32 Å². The standard InChI is InChI=1S/C25H27ClN4O2/c1-3-30(4-2)22-16-14-20(15-17-22)27-24(31)23(18-8-6-5-7-9-18)29-25(32)28-21-12-10-19(26)11-13-21/h5-17,23H,3-4H2,1-2H3,(H,27,31)(H2,28,29,32). The van der Waals surface area contributed by atoms with Crippen LogP contribution in [-0.4, -0.2) is 25.0 Å². The van der Waals surface area contributed by atoms with Crippen molar-refractivity contribution >= 4 is 40.6 Å². The normalized spacial score (nSPS) is 11.3. The molecule has 0 aliphatic heterocycles. The maximum absolute atomic E-state index is 13.1. The molecule has 32 heavy (non-hydrogen) atoms. The third-order valence-electron chi connectivity index (χ3n) is 5.04. The lowest BCUT2D eigenvalue weighted by atomic mass is 10.1. The van der Waals surface area contributed by atoms with E-state index >= 15 is 0 Å². The van der Waals surface area contributed by atoms with Gasteiger partial charge in [-0.15, -0.1) is 0 Å². The number of amides is 3. The largest absolute Gasteiger partial charge is 0.372 e. The van der Waals surface area contributed by atoms with Gasteiger partial charge in [-0.25, -0.2) is 4.79 Å². The first-order valence-electron chi connectivity index (χ1n) is 10.5. The molecule has 1 atom stereocenters. The number of urea groups is 1. The van der Waals surface area contributed by atoms with Crippen LogP contribution in [0.3, 0.4) is 0 Å². The predicted octanol–water partition coefficient (Wildman–Crippen LogP) is 5.69. The molecule has 166 valence electrons. The minimum Gasteiger partial charge on any atom is -0.372 e. The van der Waals surface area contributed by atoms with Crippen LogP contribution in [0.1, 0.15) is 25.5 Å². The second-order valence-electron chi connectivity index (χ2n) is 7.16. The van der Waals surface area contributed by atoms with Gasteiger partial charge in [-0.1, -0.05) is 41.9 Å². The quantitative estimate of drug-likeness (QED) is 0.413. The molecule has 0 saturated carbocycles. The molecule has 0 bridgehead atoms. The Hall–Kier alpha value is -3.51. The van der Waals surface area contributed by atoms with Gasteiger partial charge in [0.15, 0.2) is 0 Å². The fraction of sp³-hybridized carbons (Fsp3) is 0.200. The van der Waals surface area contributed by atoms with Crippen LogP contribution in [0.5, 0.6) is 0 Å². The highest BCUT2D eigenvalue weighted by Crippen LogP contribution is 2.21. The summed E-state index contributed by atoms with van der Waals surface area (Å²) in [5.74, 6) is -0.335. The maximum Gasteiger partial charge on any atom is 0.320 e. The average molecular weight is 451 g/mol. The molecular weight excluding hydrogens is 424 g/mol. The van der Waals surface area contributed by atoms with Crippen LogP contribution in [0, 0.1) is 0 Å². The summed E-state index contributed by atoms with van der Waals surface area (Å²) in [6.45, 7) is 6.02. The Morgan fingerprint density at radius 3 is 1.97 bits per heavy atom.